The van der Waals surface area contributed by atoms with Crippen LogP contribution in [0.2, 0.25) is 5.15 Å². The van der Waals surface area contributed by atoms with Crippen molar-refractivity contribution in [1.29, 1.82) is 0 Å². The molecule has 0 saturated heterocycles. The highest BCUT2D eigenvalue weighted by Gasteiger charge is 2.18. The Morgan fingerprint density at radius 3 is 2.76 bits per heavy atom. The van der Waals surface area contributed by atoms with Crippen molar-refractivity contribution in [3.05, 3.63) is 47.8 Å². The van der Waals surface area contributed by atoms with Crippen LogP contribution in [0.3, 0.4) is 0 Å². The Bertz CT molecular complexity index is 1160. The van der Waals surface area contributed by atoms with Gasteiger partial charge in [0.15, 0.2) is 11.6 Å². The van der Waals surface area contributed by atoms with E-state index in [4.69, 9.17) is 20.8 Å². The number of nitrogens with zero attached hydrogens (tertiary/aromatic N) is 6. The predicted octanol–water partition coefficient (Wildman–Crippen LogP) is 2.83. The number of ether oxygens (including phenoxy) is 1. The predicted molar refractivity (Wildman–Crippen MR) is 105 cm³/mol. The molecule has 148 valence electrons. The first-order chi connectivity index (χ1) is 14.1. The van der Waals surface area contributed by atoms with E-state index < -0.39 is 0 Å². The van der Waals surface area contributed by atoms with E-state index in [2.05, 4.69) is 30.6 Å². The molecule has 0 bridgehead atoms. The molecule has 3 heterocycles. The number of hydrogen-bond acceptors (Lipinski definition) is 9. The van der Waals surface area contributed by atoms with Gasteiger partial charge in [-0.2, -0.15) is 5.10 Å². The maximum atomic E-state index is 9.18. The lowest BCUT2D eigenvalue weighted by atomic mass is 10.1. The molecular formula is C18H16ClN7O3. The van der Waals surface area contributed by atoms with Crippen LogP contribution in [0, 0.1) is 0 Å². The smallest absolute Gasteiger partial charge is 0.251 e. The molecule has 0 spiro atoms. The van der Waals surface area contributed by atoms with E-state index in [0.717, 1.165) is 5.56 Å². The second-order valence-electron chi connectivity index (χ2n) is 5.96. The third kappa shape index (κ3) is 3.75. The third-order valence-corrected chi connectivity index (χ3v) is 4.24. The number of methoxy groups -OCH3 is 1. The van der Waals surface area contributed by atoms with Crippen LogP contribution in [-0.2, 0) is 13.7 Å². The number of halogens is 1. The Balaban J connectivity index is 1.77. The normalized spacial score (nSPS) is 10.9. The van der Waals surface area contributed by atoms with Gasteiger partial charge >= 0.3 is 0 Å². The van der Waals surface area contributed by atoms with Crippen molar-refractivity contribution in [3.8, 4) is 28.6 Å². The molecule has 0 radical (unpaired) electrons. The number of aryl methyl sites for hydroxylation is 1. The fraction of sp³-hybridized carbons (Fsp3) is 0.167. The van der Waals surface area contributed by atoms with Gasteiger partial charge in [-0.1, -0.05) is 17.7 Å². The van der Waals surface area contributed by atoms with Gasteiger partial charge in [-0.05, 0) is 18.2 Å². The number of benzene rings is 1. The molecular weight excluding hydrogens is 398 g/mol. The molecule has 0 atom stereocenters. The summed E-state index contributed by atoms with van der Waals surface area (Å²) in [7, 11) is 3.36. The summed E-state index contributed by atoms with van der Waals surface area (Å²) in [5.41, 5.74) is 2.47. The van der Waals surface area contributed by atoms with Crippen molar-refractivity contribution >= 4 is 23.0 Å². The van der Waals surface area contributed by atoms with E-state index in [0.29, 0.717) is 28.5 Å². The average Bonchev–Trinajstić information content (AvgIpc) is 3.37. The summed E-state index contributed by atoms with van der Waals surface area (Å²) >= 11 is 6.09. The van der Waals surface area contributed by atoms with Gasteiger partial charge in [0.2, 0.25) is 5.89 Å². The number of pyridine rings is 1. The van der Waals surface area contributed by atoms with Crippen molar-refractivity contribution in [1.82, 2.24) is 29.9 Å². The molecule has 0 amide bonds. The van der Waals surface area contributed by atoms with Gasteiger partial charge in [0.05, 0.1) is 29.6 Å². The summed E-state index contributed by atoms with van der Waals surface area (Å²) in [6.07, 6.45) is 3.12. The molecule has 11 heteroatoms. The monoisotopic (exact) mass is 413 g/mol. The zero-order valence-electron chi connectivity index (χ0n) is 15.5. The molecule has 2 N–H and O–H groups in total. The number of aliphatic hydroxyl groups is 1. The molecule has 0 aliphatic carbocycles. The number of anilines is 2. The Hall–Kier alpha value is -3.50. The van der Waals surface area contributed by atoms with Gasteiger partial charge in [-0.25, -0.2) is 9.97 Å². The number of para-hydroxylation sites is 1. The summed E-state index contributed by atoms with van der Waals surface area (Å²) in [6.45, 7) is -0.357. The first-order valence-electron chi connectivity index (χ1n) is 8.48. The number of nitrogens with one attached hydrogen (secondary N) is 1. The average molecular weight is 414 g/mol. The topological polar surface area (TPSA) is 124 Å². The largest absolute Gasteiger partial charge is 0.494 e. The van der Waals surface area contributed by atoms with E-state index in [9.17, 15) is 5.11 Å². The molecule has 3 aromatic heterocycles. The van der Waals surface area contributed by atoms with Crippen molar-refractivity contribution in [3.63, 3.8) is 0 Å². The summed E-state index contributed by atoms with van der Waals surface area (Å²) in [4.78, 5) is 8.37. The lowest BCUT2D eigenvalue weighted by Crippen LogP contribution is -2.00. The number of aromatic nitrogens is 6. The Morgan fingerprint density at radius 2 is 2.07 bits per heavy atom. The second kappa shape index (κ2) is 7.86. The van der Waals surface area contributed by atoms with E-state index in [1.165, 1.54) is 6.20 Å². The van der Waals surface area contributed by atoms with Crippen LogP contribution in [0.1, 0.15) is 5.89 Å². The molecule has 0 aliphatic rings. The number of aliphatic hydroxyl groups excluding tert-OH is 1. The fourth-order valence-corrected chi connectivity index (χ4v) is 2.93. The van der Waals surface area contributed by atoms with Gasteiger partial charge in [0.1, 0.15) is 18.1 Å². The first-order valence-corrected chi connectivity index (χ1v) is 8.86. The van der Waals surface area contributed by atoms with E-state index in [1.807, 2.05) is 18.2 Å². The van der Waals surface area contributed by atoms with Gasteiger partial charge < -0.3 is 19.6 Å². The Labute approximate surface area is 170 Å². The van der Waals surface area contributed by atoms with E-state index in [-0.39, 0.29) is 23.5 Å². The molecule has 29 heavy (non-hydrogen) atoms. The van der Waals surface area contributed by atoms with Crippen molar-refractivity contribution in [2.24, 2.45) is 7.05 Å². The summed E-state index contributed by atoms with van der Waals surface area (Å²) in [6, 6.07) is 7.20. The van der Waals surface area contributed by atoms with E-state index in [1.54, 1.807) is 31.2 Å². The van der Waals surface area contributed by atoms with Crippen LogP contribution in [0.15, 0.2) is 41.2 Å². The molecule has 4 aromatic rings. The molecule has 1 aromatic carbocycles. The van der Waals surface area contributed by atoms with E-state index >= 15 is 0 Å². The maximum absolute atomic E-state index is 9.18. The Morgan fingerprint density at radius 1 is 1.21 bits per heavy atom. The number of rotatable bonds is 6. The van der Waals surface area contributed by atoms with Crippen molar-refractivity contribution in [2.45, 2.75) is 6.61 Å². The fourth-order valence-electron chi connectivity index (χ4n) is 2.77. The molecule has 0 saturated carbocycles. The lowest BCUT2D eigenvalue weighted by Gasteiger charge is -2.15. The molecule has 0 aliphatic heterocycles. The minimum Gasteiger partial charge on any atom is -0.494 e. The summed E-state index contributed by atoms with van der Waals surface area (Å²) in [5, 5.41) is 24.8. The third-order valence-electron chi connectivity index (χ3n) is 4.03. The van der Waals surface area contributed by atoms with Gasteiger partial charge in [0, 0.05) is 13.2 Å². The summed E-state index contributed by atoms with van der Waals surface area (Å²) in [5.74, 6) is 1.38. The zero-order chi connectivity index (χ0) is 20.4. The minimum absolute atomic E-state index is 0.0988. The highest BCUT2D eigenvalue weighted by molar-refractivity contribution is 6.29. The Kier molecular flexibility index (Phi) is 5.10. The maximum Gasteiger partial charge on any atom is 0.251 e. The van der Waals surface area contributed by atoms with Crippen molar-refractivity contribution in [2.75, 3.05) is 12.4 Å². The van der Waals surface area contributed by atoms with Crippen LogP contribution < -0.4 is 10.1 Å². The van der Waals surface area contributed by atoms with Gasteiger partial charge in [0.25, 0.3) is 5.89 Å². The molecule has 0 fully saturated rings. The highest BCUT2D eigenvalue weighted by atomic mass is 35.5. The zero-order valence-corrected chi connectivity index (χ0v) is 16.3. The molecule has 0 unspecified atom stereocenters. The second-order valence-corrected chi connectivity index (χ2v) is 6.35. The SMILES string of the molecule is COc1c(Nc2cc(Cl)ncc2-c2nnc(CO)o2)cccc1-c1ncn(C)n1. The van der Waals surface area contributed by atoms with Crippen molar-refractivity contribution < 1.29 is 14.3 Å². The van der Waals surface area contributed by atoms with Gasteiger partial charge in [-0.15, -0.1) is 10.2 Å². The number of hydrogen-bond donors (Lipinski definition) is 2. The minimum atomic E-state index is -0.357. The van der Waals surface area contributed by atoms with Crippen LogP contribution in [0.4, 0.5) is 11.4 Å². The summed E-state index contributed by atoms with van der Waals surface area (Å²) < 4.78 is 12.7. The lowest BCUT2D eigenvalue weighted by molar-refractivity contribution is 0.241. The van der Waals surface area contributed by atoms with Crippen LogP contribution in [-0.4, -0.2) is 42.2 Å². The van der Waals surface area contributed by atoms with Crippen LogP contribution >= 0.6 is 11.6 Å². The van der Waals surface area contributed by atoms with Gasteiger partial charge in [-0.3, -0.25) is 4.68 Å². The first kappa shape index (κ1) is 18.8. The van der Waals surface area contributed by atoms with Crippen LogP contribution in [0.25, 0.3) is 22.8 Å². The quantitative estimate of drug-likeness (QED) is 0.459. The standard InChI is InChI=1S/C18H16ClN7O3/c1-26-9-21-17(25-26)10-4-3-5-12(16(10)28-2)22-13-6-14(19)20-7-11(13)18-24-23-15(8-27)29-18/h3-7,9,27H,8H2,1-2H3,(H,20,22). The van der Waals surface area contributed by atoms with Crippen LogP contribution in [0.5, 0.6) is 5.75 Å². The molecule has 4 rings (SSSR count). The molecule has 10 nitrogen and oxygen atoms in total. The highest BCUT2D eigenvalue weighted by Crippen LogP contribution is 2.38.